The van der Waals surface area contributed by atoms with E-state index in [0.29, 0.717) is 32.2 Å². The second kappa shape index (κ2) is 5.95. The van der Waals surface area contributed by atoms with E-state index in [1.54, 1.807) is 4.90 Å². The van der Waals surface area contributed by atoms with Gasteiger partial charge < -0.3 is 14.4 Å². The molecule has 0 aromatic heterocycles. The summed E-state index contributed by atoms with van der Waals surface area (Å²) in [7, 11) is 0. The smallest absolute Gasteiger partial charge is 0.410 e. The summed E-state index contributed by atoms with van der Waals surface area (Å²) in [6.07, 6.45) is 0.711. The molecule has 0 saturated carbocycles. The van der Waals surface area contributed by atoms with Crippen molar-refractivity contribution in [2.45, 2.75) is 33.3 Å². The van der Waals surface area contributed by atoms with E-state index in [1.807, 2.05) is 6.92 Å². The van der Waals surface area contributed by atoms with Crippen molar-refractivity contribution in [3.05, 3.63) is 0 Å². The molecule has 88 valence electrons. The summed E-state index contributed by atoms with van der Waals surface area (Å²) < 4.78 is 10.5. The Labute approximate surface area is 91.5 Å². The number of nitrogens with zero attached hydrogens (tertiary/aromatic N) is 1. The van der Waals surface area contributed by atoms with Crippen LogP contribution in [0.15, 0.2) is 0 Å². The lowest BCUT2D eigenvalue weighted by atomic mass is 10.1. The maximum absolute atomic E-state index is 11.6. The van der Waals surface area contributed by atoms with Crippen LogP contribution in [0.5, 0.6) is 0 Å². The average molecular weight is 215 g/mol. The molecular weight excluding hydrogens is 194 g/mol. The first-order chi connectivity index (χ1) is 7.09. The molecule has 0 aromatic rings. The van der Waals surface area contributed by atoms with Gasteiger partial charge in [0.2, 0.25) is 0 Å². The van der Waals surface area contributed by atoms with Crippen LogP contribution in [0.25, 0.3) is 0 Å². The predicted octanol–water partition coefficient (Wildman–Crippen LogP) is 1.89. The van der Waals surface area contributed by atoms with Crippen LogP contribution < -0.4 is 0 Å². The van der Waals surface area contributed by atoms with Crippen LogP contribution in [-0.2, 0) is 9.47 Å². The van der Waals surface area contributed by atoms with Gasteiger partial charge in [0, 0.05) is 13.1 Å². The lowest BCUT2D eigenvalue weighted by molar-refractivity contribution is 0.0124. The third-order valence-electron chi connectivity index (χ3n) is 2.37. The highest BCUT2D eigenvalue weighted by Gasteiger charge is 2.20. The zero-order valence-corrected chi connectivity index (χ0v) is 9.86. The summed E-state index contributed by atoms with van der Waals surface area (Å²) in [6.45, 7) is 8.72. The van der Waals surface area contributed by atoms with Crippen molar-refractivity contribution < 1.29 is 14.3 Å². The Morgan fingerprint density at radius 2 is 1.93 bits per heavy atom. The van der Waals surface area contributed by atoms with Gasteiger partial charge in [-0.05, 0) is 19.3 Å². The van der Waals surface area contributed by atoms with Gasteiger partial charge in [0.25, 0.3) is 0 Å². The number of hydrogen-bond donors (Lipinski definition) is 0. The number of morpholine rings is 1. The van der Waals surface area contributed by atoms with E-state index in [0.717, 1.165) is 6.42 Å². The number of amides is 1. The molecule has 0 bridgehead atoms. The van der Waals surface area contributed by atoms with Gasteiger partial charge in [0.05, 0.1) is 13.2 Å². The van der Waals surface area contributed by atoms with Crippen LogP contribution in [0.2, 0.25) is 0 Å². The summed E-state index contributed by atoms with van der Waals surface area (Å²) in [4.78, 5) is 13.3. The molecule has 1 rings (SSSR count). The van der Waals surface area contributed by atoms with Crippen molar-refractivity contribution in [2.75, 3.05) is 26.3 Å². The maximum Gasteiger partial charge on any atom is 0.410 e. The van der Waals surface area contributed by atoms with Crippen molar-refractivity contribution in [1.29, 1.82) is 0 Å². The maximum atomic E-state index is 11.6. The van der Waals surface area contributed by atoms with Crippen LogP contribution in [-0.4, -0.2) is 43.4 Å². The highest BCUT2D eigenvalue weighted by Crippen LogP contribution is 2.10. The van der Waals surface area contributed by atoms with E-state index >= 15 is 0 Å². The average Bonchev–Trinajstić information content (AvgIpc) is 2.17. The molecule has 15 heavy (non-hydrogen) atoms. The molecule has 1 unspecified atom stereocenters. The third-order valence-corrected chi connectivity index (χ3v) is 2.37. The quantitative estimate of drug-likeness (QED) is 0.721. The van der Waals surface area contributed by atoms with E-state index in [9.17, 15) is 4.79 Å². The Morgan fingerprint density at radius 3 is 2.47 bits per heavy atom. The highest BCUT2D eigenvalue weighted by molar-refractivity contribution is 5.67. The minimum atomic E-state index is -0.202. The van der Waals surface area contributed by atoms with Gasteiger partial charge in [-0.2, -0.15) is 0 Å². The first-order valence-electron chi connectivity index (χ1n) is 5.63. The zero-order valence-electron chi connectivity index (χ0n) is 9.86. The summed E-state index contributed by atoms with van der Waals surface area (Å²) in [5.74, 6) is 0.553. The van der Waals surface area contributed by atoms with Crippen LogP contribution in [0.4, 0.5) is 4.79 Å². The summed E-state index contributed by atoms with van der Waals surface area (Å²) >= 11 is 0. The lowest BCUT2D eigenvalue weighted by Crippen LogP contribution is -2.42. The zero-order chi connectivity index (χ0) is 11.3. The van der Waals surface area contributed by atoms with Crippen molar-refractivity contribution in [2.24, 2.45) is 5.92 Å². The molecule has 1 saturated heterocycles. The van der Waals surface area contributed by atoms with E-state index in [2.05, 4.69) is 13.8 Å². The molecule has 4 heteroatoms. The fourth-order valence-electron chi connectivity index (χ4n) is 1.70. The normalized spacial score (nSPS) is 19.1. The Hall–Kier alpha value is -0.770. The van der Waals surface area contributed by atoms with Gasteiger partial charge in [-0.15, -0.1) is 0 Å². The minimum absolute atomic E-state index is 0.000319. The number of hydrogen-bond acceptors (Lipinski definition) is 3. The van der Waals surface area contributed by atoms with Crippen LogP contribution in [0.1, 0.15) is 27.2 Å². The molecule has 0 spiro atoms. The largest absolute Gasteiger partial charge is 0.446 e. The molecule has 0 radical (unpaired) electrons. The fourth-order valence-corrected chi connectivity index (χ4v) is 1.70. The minimum Gasteiger partial charge on any atom is -0.446 e. The molecule has 1 amide bonds. The van der Waals surface area contributed by atoms with Crippen molar-refractivity contribution in [3.63, 3.8) is 0 Å². The first kappa shape index (κ1) is 12.3. The Bertz CT molecular complexity index is 200. The second-order valence-electron chi connectivity index (χ2n) is 4.42. The lowest BCUT2D eigenvalue weighted by Gasteiger charge is -2.27. The Balaban J connectivity index is 2.27. The summed E-state index contributed by atoms with van der Waals surface area (Å²) in [5.41, 5.74) is 0. The van der Waals surface area contributed by atoms with Crippen LogP contribution in [0, 0.1) is 5.92 Å². The van der Waals surface area contributed by atoms with Gasteiger partial charge in [-0.1, -0.05) is 13.8 Å². The first-order valence-corrected chi connectivity index (χ1v) is 5.63. The van der Waals surface area contributed by atoms with Gasteiger partial charge >= 0.3 is 6.09 Å². The predicted molar refractivity (Wildman–Crippen MR) is 57.8 cm³/mol. The summed E-state index contributed by atoms with van der Waals surface area (Å²) in [5, 5.41) is 0. The van der Waals surface area contributed by atoms with Gasteiger partial charge in [-0.25, -0.2) is 4.79 Å². The number of ether oxygens (including phenoxy) is 2. The molecule has 1 fully saturated rings. The topological polar surface area (TPSA) is 38.8 Å². The molecular formula is C11H21NO3. The van der Waals surface area contributed by atoms with E-state index in [1.165, 1.54) is 0 Å². The second-order valence-corrected chi connectivity index (χ2v) is 4.42. The van der Waals surface area contributed by atoms with E-state index in [4.69, 9.17) is 9.47 Å². The number of carbonyl (C=O) groups excluding carboxylic acids is 1. The van der Waals surface area contributed by atoms with Gasteiger partial charge in [0.1, 0.15) is 6.10 Å². The van der Waals surface area contributed by atoms with E-state index in [-0.39, 0.29) is 12.2 Å². The van der Waals surface area contributed by atoms with E-state index < -0.39 is 0 Å². The molecule has 1 atom stereocenters. The molecule has 0 N–H and O–H groups in total. The highest BCUT2D eigenvalue weighted by atomic mass is 16.6. The fraction of sp³-hybridized carbons (Fsp3) is 0.909. The van der Waals surface area contributed by atoms with Gasteiger partial charge in [-0.3, -0.25) is 0 Å². The number of rotatable bonds is 3. The molecule has 0 aliphatic carbocycles. The van der Waals surface area contributed by atoms with Crippen molar-refractivity contribution in [1.82, 2.24) is 4.90 Å². The SMILES string of the molecule is CC(C)CC(C)OC(=O)N1CCOCC1. The Morgan fingerprint density at radius 1 is 1.33 bits per heavy atom. The molecule has 1 heterocycles. The monoisotopic (exact) mass is 215 g/mol. The van der Waals surface area contributed by atoms with Gasteiger partial charge in [0.15, 0.2) is 0 Å². The summed E-state index contributed by atoms with van der Waals surface area (Å²) in [6, 6.07) is 0. The third kappa shape index (κ3) is 4.51. The molecule has 1 aliphatic rings. The van der Waals surface area contributed by atoms with Crippen LogP contribution in [0.3, 0.4) is 0 Å². The van der Waals surface area contributed by atoms with Crippen molar-refractivity contribution in [3.8, 4) is 0 Å². The van der Waals surface area contributed by atoms with Crippen LogP contribution >= 0.6 is 0 Å². The number of carbonyl (C=O) groups is 1. The van der Waals surface area contributed by atoms with Crippen molar-refractivity contribution >= 4 is 6.09 Å². The Kier molecular flexibility index (Phi) is 4.88. The molecule has 1 aliphatic heterocycles. The standard InChI is InChI=1S/C11H21NO3/c1-9(2)8-10(3)15-11(13)12-4-6-14-7-5-12/h9-10H,4-8H2,1-3H3. The molecule has 4 nitrogen and oxygen atoms in total. The molecule has 0 aromatic carbocycles.